The van der Waals surface area contributed by atoms with Crippen LogP contribution >= 0.6 is 35.0 Å². The van der Waals surface area contributed by atoms with Crippen LogP contribution in [-0.4, -0.2) is 33.7 Å². The zero-order valence-corrected chi connectivity index (χ0v) is 20.2. The normalized spacial score (nSPS) is 15.1. The summed E-state index contributed by atoms with van der Waals surface area (Å²) < 4.78 is 11.9. The molecule has 0 unspecified atom stereocenters. The molecule has 0 spiro atoms. The second-order valence-corrected chi connectivity index (χ2v) is 9.04. The van der Waals surface area contributed by atoms with Crippen LogP contribution in [-0.2, 0) is 16.1 Å². The van der Waals surface area contributed by atoms with E-state index in [1.54, 1.807) is 12.1 Å². The van der Waals surface area contributed by atoms with Crippen molar-refractivity contribution < 1.29 is 23.5 Å². The van der Waals surface area contributed by atoms with Crippen LogP contribution in [0, 0.1) is 13.8 Å². The van der Waals surface area contributed by atoms with Crippen LogP contribution in [0.5, 0.6) is 0 Å². The maximum Gasteiger partial charge on any atom is 0.373 e. The molecule has 0 bridgehead atoms. The third kappa shape index (κ3) is 4.34. The fourth-order valence-electron chi connectivity index (χ4n) is 3.58. The van der Waals surface area contributed by atoms with Crippen molar-refractivity contribution in [1.29, 1.82) is 0 Å². The number of nitrogens with zero attached hydrogens (tertiary/aromatic N) is 2. The van der Waals surface area contributed by atoms with Crippen LogP contribution in [0.1, 0.15) is 33.3 Å². The van der Waals surface area contributed by atoms with Gasteiger partial charge in [-0.2, -0.15) is 0 Å². The number of rotatable bonds is 5. The number of aryl methyl sites for hydroxylation is 1. The van der Waals surface area contributed by atoms with Crippen LogP contribution < -0.4 is 0 Å². The molecule has 3 aromatic rings. The Bertz CT molecular complexity index is 1320. The highest BCUT2D eigenvalue weighted by atomic mass is 35.5. The fourth-order valence-corrected chi connectivity index (χ4v) is 4.79. The molecule has 1 aliphatic rings. The molecule has 1 saturated heterocycles. The highest BCUT2D eigenvalue weighted by molar-refractivity contribution is 8.18. The highest BCUT2D eigenvalue weighted by Gasteiger charge is 2.36. The molecule has 7 nitrogen and oxygen atoms in total. The second-order valence-electron chi connectivity index (χ2n) is 7.26. The Hall–Kier alpha value is -2.94. The van der Waals surface area contributed by atoms with E-state index < -0.39 is 17.1 Å². The summed E-state index contributed by atoms with van der Waals surface area (Å²) in [5, 5.41) is 0.448. The van der Waals surface area contributed by atoms with E-state index >= 15 is 0 Å². The SMILES string of the molecule is COC(=O)c1ccc(CN2C(=O)S/C(=C/c3cc(C)n(-c4cccc(Cl)c4Cl)c3C)C2=O)o1. The minimum Gasteiger partial charge on any atom is -0.463 e. The summed E-state index contributed by atoms with van der Waals surface area (Å²) in [5.41, 5.74) is 3.25. The summed E-state index contributed by atoms with van der Waals surface area (Å²) >= 11 is 13.4. The van der Waals surface area contributed by atoms with E-state index in [0.717, 1.165) is 39.3 Å². The van der Waals surface area contributed by atoms with Gasteiger partial charge in [0.2, 0.25) is 5.76 Å². The topological polar surface area (TPSA) is 81.8 Å². The van der Waals surface area contributed by atoms with Crippen LogP contribution in [0.15, 0.2) is 45.7 Å². The fraction of sp³-hybridized carbons (Fsp3) is 0.174. The summed E-state index contributed by atoms with van der Waals surface area (Å²) in [5.74, 6) is -0.771. The lowest BCUT2D eigenvalue weighted by molar-refractivity contribution is -0.123. The van der Waals surface area contributed by atoms with Crippen LogP contribution in [0.4, 0.5) is 4.79 Å². The van der Waals surface area contributed by atoms with Crippen molar-refractivity contribution >= 4 is 58.2 Å². The molecular weight excluding hydrogens is 487 g/mol. The molecule has 3 heterocycles. The molecule has 2 amide bonds. The second kappa shape index (κ2) is 9.13. The lowest BCUT2D eigenvalue weighted by Gasteiger charge is -2.12. The summed E-state index contributed by atoms with van der Waals surface area (Å²) in [4.78, 5) is 38.4. The number of amides is 2. The van der Waals surface area contributed by atoms with Crippen molar-refractivity contribution in [2.24, 2.45) is 0 Å². The molecule has 1 aromatic carbocycles. The Kier molecular flexibility index (Phi) is 6.43. The molecule has 0 atom stereocenters. The van der Waals surface area contributed by atoms with Crippen molar-refractivity contribution in [2.45, 2.75) is 20.4 Å². The van der Waals surface area contributed by atoms with E-state index in [-0.39, 0.29) is 17.2 Å². The number of esters is 1. The van der Waals surface area contributed by atoms with Gasteiger partial charge in [0, 0.05) is 11.4 Å². The molecule has 0 radical (unpaired) electrons. The van der Waals surface area contributed by atoms with Gasteiger partial charge in [-0.15, -0.1) is 0 Å². The number of ether oxygens (including phenoxy) is 1. The van der Waals surface area contributed by atoms with Crippen LogP contribution in [0.25, 0.3) is 11.8 Å². The van der Waals surface area contributed by atoms with Gasteiger partial charge in [-0.05, 0) is 67.6 Å². The number of benzene rings is 1. The monoisotopic (exact) mass is 504 g/mol. The average molecular weight is 505 g/mol. The van der Waals surface area contributed by atoms with Gasteiger partial charge in [-0.25, -0.2) is 4.79 Å². The number of carbonyl (C=O) groups is 3. The molecule has 10 heteroatoms. The van der Waals surface area contributed by atoms with Gasteiger partial charge in [0.1, 0.15) is 5.76 Å². The standard InChI is InChI=1S/C23H18Cl2N2O5S/c1-12-9-14(13(2)27(12)17-6-4-5-16(24)20(17)25)10-19-21(28)26(23(30)33-19)11-15-7-8-18(32-15)22(29)31-3/h4-10H,11H2,1-3H3/b19-10+. The predicted octanol–water partition coefficient (Wildman–Crippen LogP) is 6.02. The largest absolute Gasteiger partial charge is 0.463 e. The Morgan fingerprint density at radius 2 is 1.94 bits per heavy atom. The summed E-state index contributed by atoms with van der Waals surface area (Å²) in [6, 6.07) is 10.3. The van der Waals surface area contributed by atoms with E-state index in [2.05, 4.69) is 4.74 Å². The van der Waals surface area contributed by atoms with Gasteiger partial charge >= 0.3 is 5.97 Å². The Labute approximate surface area is 203 Å². The predicted molar refractivity (Wildman–Crippen MR) is 127 cm³/mol. The van der Waals surface area contributed by atoms with Crippen LogP contribution in [0.3, 0.4) is 0 Å². The van der Waals surface area contributed by atoms with E-state index in [0.29, 0.717) is 15.8 Å². The zero-order valence-electron chi connectivity index (χ0n) is 17.8. The molecule has 4 rings (SSSR count). The number of thioether (sulfide) groups is 1. The first-order valence-corrected chi connectivity index (χ1v) is 11.3. The number of imide groups is 1. The Morgan fingerprint density at radius 3 is 2.67 bits per heavy atom. The first-order valence-electron chi connectivity index (χ1n) is 9.77. The van der Waals surface area contributed by atoms with E-state index in [9.17, 15) is 14.4 Å². The molecular formula is C23H18Cl2N2O5S. The first-order chi connectivity index (χ1) is 15.7. The Morgan fingerprint density at radius 1 is 1.18 bits per heavy atom. The van der Waals surface area contributed by atoms with E-state index in [1.807, 2.05) is 36.6 Å². The smallest absolute Gasteiger partial charge is 0.373 e. The summed E-state index contributed by atoms with van der Waals surface area (Å²) in [6.07, 6.45) is 1.68. The lowest BCUT2D eigenvalue weighted by Crippen LogP contribution is -2.27. The third-order valence-electron chi connectivity index (χ3n) is 5.16. The number of hydrogen-bond acceptors (Lipinski definition) is 6. The summed E-state index contributed by atoms with van der Waals surface area (Å²) in [7, 11) is 1.24. The molecule has 2 aromatic heterocycles. The minimum absolute atomic E-state index is 0.00197. The van der Waals surface area contributed by atoms with Gasteiger partial charge in [-0.1, -0.05) is 29.3 Å². The molecule has 0 aliphatic carbocycles. The minimum atomic E-state index is -0.634. The number of furan rings is 1. The molecule has 170 valence electrons. The van der Waals surface area contributed by atoms with E-state index in [4.69, 9.17) is 27.6 Å². The van der Waals surface area contributed by atoms with Gasteiger partial charge in [0.05, 0.1) is 34.3 Å². The van der Waals surface area contributed by atoms with Crippen molar-refractivity contribution in [3.8, 4) is 5.69 Å². The molecule has 1 aliphatic heterocycles. The van der Waals surface area contributed by atoms with E-state index in [1.165, 1.54) is 19.2 Å². The Balaban J connectivity index is 1.61. The number of carbonyl (C=O) groups excluding carboxylic acids is 3. The van der Waals surface area contributed by atoms with Crippen molar-refractivity contribution in [2.75, 3.05) is 7.11 Å². The highest BCUT2D eigenvalue weighted by Crippen LogP contribution is 2.36. The quantitative estimate of drug-likeness (QED) is 0.312. The number of halogens is 2. The van der Waals surface area contributed by atoms with Crippen LogP contribution in [0.2, 0.25) is 10.0 Å². The van der Waals surface area contributed by atoms with Gasteiger partial charge in [0.25, 0.3) is 11.1 Å². The number of aromatic nitrogens is 1. The van der Waals surface area contributed by atoms with Crippen molar-refractivity contribution in [1.82, 2.24) is 9.47 Å². The first kappa shape index (κ1) is 23.2. The number of hydrogen-bond donors (Lipinski definition) is 0. The molecule has 1 fully saturated rings. The molecule has 33 heavy (non-hydrogen) atoms. The van der Waals surface area contributed by atoms with Gasteiger partial charge in [-0.3, -0.25) is 14.5 Å². The number of methoxy groups -OCH3 is 1. The zero-order chi connectivity index (χ0) is 23.9. The average Bonchev–Trinajstić information content (AvgIpc) is 3.44. The van der Waals surface area contributed by atoms with Gasteiger partial charge < -0.3 is 13.7 Å². The maximum absolute atomic E-state index is 12.9. The maximum atomic E-state index is 12.9. The van der Waals surface area contributed by atoms with Crippen molar-refractivity contribution in [3.63, 3.8) is 0 Å². The van der Waals surface area contributed by atoms with Crippen molar-refractivity contribution in [3.05, 3.63) is 79.8 Å². The lowest BCUT2D eigenvalue weighted by atomic mass is 10.2. The van der Waals surface area contributed by atoms with Gasteiger partial charge in [0.15, 0.2) is 0 Å². The summed E-state index contributed by atoms with van der Waals surface area (Å²) in [6.45, 7) is 3.73. The molecule has 0 N–H and O–H groups in total. The molecule has 0 saturated carbocycles. The third-order valence-corrected chi connectivity index (χ3v) is 6.88.